The van der Waals surface area contributed by atoms with Crippen LogP contribution in [0.4, 0.5) is 10.5 Å². The summed E-state index contributed by atoms with van der Waals surface area (Å²) >= 11 is 3.38. The Morgan fingerprint density at radius 1 is 1.17 bits per heavy atom. The highest BCUT2D eigenvalue weighted by Gasteiger charge is 2.49. The Morgan fingerprint density at radius 3 is 2.41 bits per heavy atom. The summed E-state index contributed by atoms with van der Waals surface area (Å²) in [4.78, 5) is 38.9. The smallest absolute Gasteiger partial charge is 0.324 e. The summed E-state index contributed by atoms with van der Waals surface area (Å²) in [5.41, 5.74) is 2.15. The molecule has 1 saturated heterocycles. The number of carbonyl (C=O) groups excluding carboxylic acids is 3. The lowest BCUT2D eigenvalue weighted by Crippen LogP contribution is -2.42. The Morgan fingerprint density at radius 2 is 1.83 bits per heavy atom. The Bertz CT molecular complexity index is 972. The zero-order chi connectivity index (χ0) is 21.3. The second kappa shape index (κ2) is 7.99. The molecule has 0 bridgehead atoms. The highest BCUT2D eigenvalue weighted by molar-refractivity contribution is 9.10. The third-order valence-corrected chi connectivity index (χ3v) is 5.69. The van der Waals surface area contributed by atoms with Crippen molar-refractivity contribution >= 4 is 39.5 Å². The van der Waals surface area contributed by atoms with Crippen molar-refractivity contribution in [2.75, 3.05) is 11.9 Å². The predicted octanol–water partition coefficient (Wildman–Crippen LogP) is 4.29. The molecule has 6 nitrogen and oxygen atoms in total. The maximum Gasteiger partial charge on any atom is 0.325 e. The maximum atomic E-state index is 13.0. The van der Waals surface area contributed by atoms with Gasteiger partial charge in [0.05, 0.1) is 0 Å². The van der Waals surface area contributed by atoms with Crippen LogP contribution in [0.3, 0.4) is 0 Å². The number of nitrogens with zero attached hydrogens (tertiary/aromatic N) is 1. The molecule has 1 fully saturated rings. The maximum absolute atomic E-state index is 13.0. The van der Waals surface area contributed by atoms with E-state index in [1.54, 1.807) is 13.0 Å². The van der Waals surface area contributed by atoms with Crippen LogP contribution in [-0.2, 0) is 15.1 Å². The summed E-state index contributed by atoms with van der Waals surface area (Å²) in [7, 11) is 0. The van der Waals surface area contributed by atoms with Crippen LogP contribution in [-0.4, -0.2) is 29.3 Å². The van der Waals surface area contributed by atoms with E-state index in [-0.39, 0.29) is 6.54 Å². The number of halogens is 1. The number of hydrogen-bond donors (Lipinski definition) is 2. The molecule has 0 aliphatic carbocycles. The summed E-state index contributed by atoms with van der Waals surface area (Å²) in [6, 6.07) is 12.5. The van der Waals surface area contributed by atoms with Crippen LogP contribution in [0.2, 0.25) is 0 Å². The monoisotopic (exact) mass is 457 g/mol. The summed E-state index contributed by atoms with van der Waals surface area (Å²) in [5.74, 6) is -0.506. The molecule has 2 N–H and O–H groups in total. The predicted molar refractivity (Wildman–Crippen MR) is 116 cm³/mol. The molecule has 1 heterocycles. The standard InChI is InChI=1S/C22H24BrN3O3/c1-13(2)15-5-7-16(8-6-15)22(4)20(28)26(21(29)25-22)12-19(27)24-18-10-9-17(23)11-14(18)3/h5-11,13H,12H2,1-4H3,(H,24,27)(H,25,29). The lowest BCUT2D eigenvalue weighted by molar-refractivity contribution is -0.133. The molecule has 7 heteroatoms. The van der Waals surface area contributed by atoms with E-state index in [0.29, 0.717) is 17.2 Å². The fourth-order valence-corrected chi connectivity index (χ4v) is 3.81. The highest BCUT2D eigenvalue weighted by Crippen LogP contribution is 2.30. The van der Waals surface area contributed by atoms with Crippen molar-refractivity contribution in [3.63, 3.8) is 0 Å². The van der Waals surface area contributed by atoms with E-state index in [1.165, 1.54) is 0 Å². The SMILES string of the molecule is Cc1cc(Br)ccc1NC(=O)CN1C(=O)NC(C)(c2ccc(C(C)C)cc2)C1=O. The van der Waals surface area contributed by atoms with Gasteiger partial charge in [-0.3, -0.25) is 14.5 Å². The first kappa shape index (κ1) is 21.0. The molecule has 1 aliphatic rings. The van der Waals surface area contributed by atoms with Gasteiger partial charge in [-0.1, -0.05) is 54.0 Å². The van der Waals surface area contributed by atoms with E-state index in [4.69, 9.17) is 0 Å². The van der Waals surface area contributed by atoms with E-state index < -0.39 is 23.4 Å². The van der Waals surface area contributed by atoms with Crippen LogP contribution in [0.25, 0.3) is 0 Å². The molecule has 29 heavy (non-hydrogen) atoms. The summed E-state index contributed by atoms with van der Waals surface area (Å²) in [5, 5.41) is 5.49. The Labute approximate surface area is 178 Å². The van der Waals surface area contributed by atoms with Gasteiger partial charge >= 0.3 is 6.03 Å². The zero-order valence-corrected chi connectivity index (χ0v) is 18.5. The minimum Gasteiger partial charge on any atom is -0.324 e. The van der Waals surface area contributed by atoms with E-state index in [9.17, 15) is 14.4 Å². The molecule has 3 rings (SSSR count). The van der Waals surface area contributed by atoms with Gasteiger partial charge in [0, 0.05) is 10.2 Å². The van der Waals surface area contributed by atoms with Crippen LogP contribution in [0.15, 0.2) is 46.9 Å². The molecule has 1 unspecified atom stereocenters. The summed E-state index contributed by atoms with van der Waals surface area (Å²) < 4.78 is 0.904. The van der Waals surface area contributed by atoms with Crippen molar-refractivity contribution in [3.05, 3.63) is 63.6 Å². The first-order valence-electron chi connectivity index (χ1n) is 9.42. The number of aryl methyl sites for hydroxylation is 1. The molecule has 1 aliphatic heterocycles. The fraction of sp³-hybridized carbons (Fsp3) is 0.318. The quantitative estimate of drug-likeness (QED) is 0.657. The topological polar surface area (TPSA) is 78.5 Å². The summed E-state index contributed by atoms with van der Waals surface area (Å²) in [6.07, 6.45) is 0. The van der Waals surface area contributed by atoms with E-state index in [2.05, 4.69) is 40.4 Å². The van der Waals surface area contributed by atoms with Crippen molar-refractivity contribution in [1.82, 2.24) is 10.2 Å². The van der Waals surface area contributed by atoms with Crippen molar-refractivity contribution < 1.29 is 14.4 Å². The van der Waals surface area contributed by atoms with E-state index in [0.717, 1.165) is 20.5 Å². The molecule has 0 spiro atoms. The number of anilines is 1. The summed E-state index contributed by atoms with van der Waals surface area (Å²) in [6.45, 7) is 7.36. The highest BCUT2D eigenvalue weighted by atomic mass is 79.9. The van der Waals surface area contributed by atoms with Gasteiger partial charge in [-0.25, -0.2) is 4.79 Å². The van der Waals surface area contributed by atoms with E-state index in [1.807, 2.05) is 43.3 Å². The lowest BCUT2D eigenvalue weighted by Gasteiger charge is -2.23. The van der Waals surface area contributed by atoms with Crippen molar-refractivity contribution in [3.8, 4) is 0 Å². The minimum absolute atomic E-state index is 0.347. The third-order valence-electron chi connectivity index (χ3n) is 5.19. The third kappa shape index (κ3) is 4.19. The molecule has 1 atom stereocenters. The van der Waals surface area contributed by atoms with Gasteiger partial charge in [0.15, 0.2) is 0 Å². The number of benzene rings is 2. The number of hydrogen-bond acceptors (Lipinski definition) is 3. The molecule has 0 radical (unpaired) electrons. The molecule has 4 amide bonds. The van der Waals surface area contributed by atoms with Gasteiger partial charge in [-0.05, 0) is 54.7 Å². The largest absolute Gasteiger partial charge is 0.325 e. The second-order valence-corrected chi connectivity index (χ2v) is 8.65. The Kier molecular flexibility index (Phi) is 5.80. The van der Waals surface area contributed by atoms with Crippen LogP contribution in [0.5, 0.6) is 0 Å². The van der Waals surface area contributed by atoms with Crippen LogP contribution in [0.1, 0.15) is 43.4 Å². The van der Waals surface area contributed by atoms with Gasteiger partial charge in [0.1, 0.15) is 12.1 Å². The molecule has 2 aromatic carbocycles. The van der Waals surface area contributed by atoms with Crippen LogP contribution < -0.4 is 10.6 Å². The van der Waals surface area contributed by atoms with Gasteiger partial charge in [-0.15, -0.1) is 0 Å². The van der Waals surface area contributed by atoms with Gasteiger partial charge in [-0.2, -0.15) is 0 Å². The number of nitrogens with one attached hydrogen (secondary N) is 2. The van der Waals surface area contributed by atoms with Gasteiger partial charge < -0.3 is 10.6 Å². The van der Waals surface area contributed by atoms with Gasteiger partial charge in [0.2, 0.25) is 5.91 Å². The molecular weight excluding hydrogens is 434 g/mol. The average molecular weight is 458 g/mol. The number of carbonyl (C=O) groups is 3. The van der Waals surface area contributed by atoms with Crippen molar-refractivity contribution in [1.29, 1.82) is 0 Å². The van der Waals surface area contributed by atoms with Crippen LogP contribution in [0, 0.1) is 6.92 Å². The Hall–Kier alpha value is -2.67. The number of imide groups is 1. The second-order valence-electron chi connectivity index (χ2n) is 7.73. The number of urea groups is 1. The minimum atomic E-state index is -1.19. The first-order valence-corrected chi connectivity index (χ1v) is 10.2. The molecule has 152 valence electrons. The molecular formula is C22H24BrN3O3. The van der Waals surface area contributed by atoms with Crippen molar-refractivity contribution in [2.24, 2.45) is 0 Å². The van der Waals surface area contributed by atoms with E-state index >= 15 is 0 Å². The molecule has 0 saturated carbocycles. The fourth-order valence-electron chi connectivity index (χ4n) is 3.34. The van der Waals surface area contributed by atoms with Crippen LogP contribution >= 0.6 is 15.9 Å². The molecule has 0 aromatic heterocycles. The molecule has 2 aromatic rings. The first-order chi connectivity index (χ1) is 13.6. The lowest BCUT2D eigenvalue weighted by atomic mass is 9.90. The average Bonchev–Trinajstić information content (AvgIpc) is 2.88. The normalized spacial score (nSPS) is 18.9. The Balaban J connectivity index is 1.75. The number of amides is 4. The van der Waals surface area contributed by atoms with Crippen molar-refractivity contribution in [2.45, 2.75) is 39.2 Å². The van der Waals surface area contributed by atoms with Gasteiger partial charge in [0.25, 0.3) is 5.91 Å². The number of rotatable bonds is 5. The zero-order valence-electron chi connectivity index (χ0n) is 16.9.